The summed E-state index contributed by atoms with van der Waals surface area (Å²) in [4.78, 5) is 16.1. The summed E-state index contributed by atoms with van der Waals surface area (Å²) in [6.45, 7) is 10.3. The molecular formula is C21H34FIN4O4. The average Bonchev–Trinajstić information content (AvgIpc) is 2.66. The van der Waals surface area contributed by atoms with Crippen LogP contribution < -0.4 is 20.7 Å². The van der Waals surface area contributed by atoms with E-state index in [1.807, 2.05) is 27.7 Å². The van der Waals surface area contributed by atoms with Gasteiger partial charge in [0.15, 0.2) is 12.8 Å². The Morgan fingerprint density at radius 2 is 2.00 bits per heavy atom. The molecule has 0 fully saturated rings. The summed E-state index contributed by atoms with van der Waals surface area (Å²) in [5.74, 6) is 1.08. The van der Waals surface area contributed by atoms with Gasteiger partial charge in [0.2, 0.25) is 0 Å². The highest BCUT2D eigenvalue weighted by atomic mass is 127. The molecular weight excluding hydrogens is 518 g/mol. The van der Waals surface area contributed by atoms with Crippen molar-refractivity contribution in [2.24, 2.45) is 4.99 Å². The molecule has 1 heterocycles. The first kappa shape index (κ1) is 27.2. The Labute approximate surface area is 200 Å². The van der Waals surface area contributed by atoms with E-state index in [2.05, 4.69) is 20.9 Å². The van der Waals surface area contributed by atoms with Crippen molar-refractivity contribution >= 4 is 36.0 Å². The van der Waals surface area contributed by atoms with E-state index in [9.17, 15) is 9.18 Å². The second kappa shape index (κ2) is 13.6. The van der Waals surface area contributed by atoms with Gasteiger partial charge in [0.1, 0.15) is 17.2 Å². The Morgan fingerprint density at radius 1 is 1.23 bits per heavy atom. The predicted molar refractivity (Wildman–Crippen MR) is 129 cm³/mol. The maximum Gasteiger partial charge on any atom is 0.407 e. The van der Waals surface area contributed by atoms with Gasteiger partial charge in [-0.25, -0.2) is 9.18 Å². The standard InChI is InChI=1S/C21H33FN4O4.HI/c1-5-23-19(24-8-6-9-26-20(27)30-21(2,3)4)25-10-7-15-11-17(22)12-16-13-28-14-29-18(15)16;/h11-12H,5-10,13-14H2,1-4H3,(H,26,27)(H2,23,24,25);1H. The summed E-state index contributed by atoms with van der Waals surface area (Å²) in [5.41, 5.74) is 1.02. The van der Waals surface area contributed by atoms with Crippen LogP contribution in [0, 0.1) is 5.82 Å². The van der Waals surface area contributed by atoms with Crippen LogP contribution in [-0.2, 0) is 22.5 Å². The molecule has 0 aromatic heterocycles. The van der Waals surface area contributed by atoms with Gasteiger partial charge in [-0.15, -0.1) is 24.0 Å². The Morgan fingerprint density at radius 3 is 2.71 bits per heavy atom. The fourth-order valence-corrected chi connectivity index (χ4v) is 2.87. The van der Waals surface area contributed by atoms with Gasteiger partial charge in [0.05, 0.1) is 6.61 Å². The van der Waals surface area contributed by atoms with Crippen molar-refractivity contribution < 1.29 is 23.4 Å². The Kier molecular flexibility index (Phi) is 11.9. The molecule has 0 bridgehead atoms. The molecule has 1 aromatic rings. The number of nitrogens with zero attached hydrogens (tertiary/aromatic N) is 1. The van der Waals surface area contributed by atoms with E-state index in [-0.39, 0.29) is 36.6 Å². The quantitative estimate of drug-likeness (QED) is 0.198. The summed E-state index contributed by atoms with van der Waals surface area (Å²) in [6.07, 6.45) is 0.841. The van der Waals surface area contributed by atoms with E-state index >= 15 is 0 Å². The molecule has 176 valence electrons. The number of carbonyl (C=O) groups is 1. The van der Waals surface area contributed by atoms with Crippen LogP contribution in [-0.4, -0.2) is 50.6 Å². The summed E-state index contributed by atoms with van der Waals surface area (Å²) in [6, 6.07) is 2.94. The highest BCUT2D eigenvalue weighted by molar-refractivity contribution is 14.0. The molecule has 1 aliphatic heterocycles. The first-order chi connectivity index (χ1) is 14.3. The largest absolute Gasteiger partial charge is 0.467 e. The molecule has 0 saturated heterocycles. The number of ether oxygens (including phenoxy) is 3. The van der Waals surface area contributed by atoms with Crippen molar-refractivity contribution in [1.82, 2.24) is 16.0 Å². The van der Waals surface area contributed by atoms with E-state index in [4.69, 9.17) is 14.2 Å². The number of carbonyl (C=O) groups excluding carboxylic acids is 1. The Hall–Kier alpha value is -1.82. The van der Waals surface area contributed by atoms with Gasteiger partial charge in [-0.3, -0.25) is 4.99 Å². The number of alkyl carbamates (subject to hydrolysis) is 1. The van der Waals surface area contributed by atoms with Crippen LogP contribution in [0.4, 0.5) is 9.18 Å². The fourth-order valence-electron chi connectivity index (χ4n) is 2.87. The van der Waals surface area contributed by atoms with Gasteiger partial charge in [-0.05, 0) is 58.2 Å². The highest BCUT2D eigenvalue weighted by Crippen LogP contribution is 2.29. The van der Waals surface area contributed by atoms with Crippen LogP contribution in [0.15, 0.2) is 17.1 Å². The summed E-state index contributed by atoms with van der Waals surface area (Å²) in [5, 5.41) is 9.13. The molecule has 1 aliphatic rings. The zero-order valence-electron chi connectivity index (χ0n) is 18.7. The molecule has 0 spiro atoms. The topological polar surface area (TPSA) is 93.2 Å². The number of rotatable bonds is 8. The third-order valence-corrected chi connectivity index (χ3v) is 4.06. The zero-order valence-corrected chi connectivity index (χ0v) is 21.0. The first-order valence-electron chi connectivity index (χ1n) is 10.3. The number of nitrogens with one attached hydrogen (secondary N) is 3. The van der Waals surface area contributed by atoms with Crippen molar-refractivity contribution in [3.63, 3.8) is 0 Å². The first-order valence-corrected chi connectivity index (χ1v) is 10.3. The minimum absolute atomic E-state index is 0. The molecule has 1 amide bonds. The molecule has 8 nitrogen and oxygen atoms in total. The van der Waals surface area contributed by atoms with Gasteiger partial charge in [-0.1, -0.05) is 0 Å². The van der Waals surface area contributed by atoms with Crippen LogP contribution in [0.1, 0.15) is 45.2 Å². The van der Waals surface area contributed by atoms with Gasteiger partial charge >= 0.3 is 6.09 Å². The number of fused-ring (bicyclic) bond motifs is 1. The van der Waals surface area contributed by atoms with Crippen molar-refractivity contribution in [2.45, 2.75) is 52.7 Å². The molecule has 0 aliphatic carbocycles. The average molecular weight is 552 g/mol. The van der Waals surface area contributed by atoms with E-state index in [1.54, 1.807) is 0 Å². The minimum Gasteiger partial charge on any atom is -0.467 e. The maximum atomic E-state index is 13.8. The molecule has 3 N–H and O–H groups in total. The van der Waals surface area contributed by atoms with Gasteiger partial charge in [0.25, 0.3) is 0 Å². The smallest absolute Gasteiger partial charge is 0.407 e. The second-order valence-electron chi connectivity index (χ2n) is 7.88. The lowest BCUT2D eigenvalue weighted by molar-refractivity contribution is -0.0172. The van der Waals surface area contributed by atoms with Crippen LogP contribution in [0.3, 0.4) is 0 Å². The molecule has 1 aromatic carbocycles. The molecule has 0 atom stereocenters. The maximum absolute atomic E-state index is 13.8. The van der Waals surface area contributed by atoms with E-state index in [1.165, 1.54) is 12.1 Å². The summed E-state index contributed by atoms with van der Waals surface area (Å²) in [7, 11) is 0. The molecule has 0 radical (unpaired) electrons. The number of aliphatic imine (C=N–C) groups is 1. The number of halogens is 2. The highest BCUT2D eigenvalue weighted by Gasteiger charge is 2.17. The molecule has 31 heavy (non-hydrogen) atoms. The minimum atomic E-state index is -0.511. The van der Waals surface area contributed by atoms with Crippen molar-refractivity contribution in [3.05, 3.63) is 29.1 Å². The van der Waals surface area contributed by atoms with Gasteiger partial charge in [-0.2, -0.15) is 0 Å². The number of hydrogen-bond donors (Lipinski definition) is 3. The van der Waals surface area contributed by atoms with Gasteiger partial charge < -0.3 is 30.2 Å². The van der Waals surface area contributed by atoms with Crippen LogP contribution in [0.5, 0.6) is 5.75 Å². The molecule has 0 unspecified atom stereocenters. The third kappa shape index (κ3) is 10.4. The zero-order chi connectivity index (χ0) is 22.0. The van der Waals surface area contributed by atoms with Crippen molar-refractivity contribution in [2.75, 3.05) is 33.0 Å². The number of amides is 1. The van der Waals surface area contributed by atoms with Crippen LogP contribution >= 0.6 is 24.0 Å². The summed E-state index contributed by atoms with van der Waals surface area (Å²) < 4.78 is 29.8. The predicted octanol–water partition coefficient (Wildman–Crippen LogP) is 3.32. The lowest BCUT2D eigenvalue weighted by atomic mass is 10.1. The lowest BCUT2D eigenvalue weighted by Crippen LogP contribution is -2.38. The van der Waals surface area contributed by atoms with E-state index in [0.717, 1.165) is 17.7 Å². The van der Waals surface area contributed by atoms with Crippen molar-refractivity contribution in [3.8, 4) is 5.75 Å². The Balaban J connectivity index is 0.00000480. The molecule has 0 saturated carbocycles. The number of benzene rings is 1. The fraction of sp³-hybridized carbons (Fsp3) is 0.619. The monoisotopic (exact) mass is 552 g/mol. The lowest BCUT2D eigenvalue weighted by Gasteiger charge is -2.21. The van der Waals surface area contributed by atoms with E-state index < -0.39 is 11.7 Å². The third-order valence-electron chi connectivity index (χ3n) is 4.06. The van der Waals surface area contributed by atoms with Crippen LogP contribution in [0.2, 0.25) is 0 Å². The SMILES string of the molecule is CCNC(=NCCCNC(=O)OC(C)(C)C)NCCc1cc(F)cc2c1OCOC2.I. The molecule has 2 rings (SSSR count). The number of guanidine groups is 1. The normalized spacial score (nSPS) is 13.4. The van der Waals surface area contributed by atoms with Gasteiger partial charge in [0, 0.05) is 31.7 Å². The van der Waals surface area contributed by atoms with Crippen LogP contribution in [0.25, 0.3) is 0 Å². The van der Waals surface area contributed by atoms with E-state index in [0.29, 0.717) is 50.8 Å². The molecule has 10 heteroatoms. The second-order valence-corrected chi connectivity index (χ2v) is 7.88. The summed E-state index contributed by atoms with van der Waals surface area (Å²) >= 11 is 0. The van der Waals surface area contributed by atoms with Crippen molar-refractivity contribution in [1.29, 1.82) is 0 Å². The Bertz CT molecular complexity index is 741. The number of hydrogen-bond acceptors (Lipinski definition) is 5.